The predicted molar refractivity (Wildman–Crippen MR) is 80.4 cm³/mol. The normalized spacial score (nSPS) is 14.8. The minimum absolute atomic E-state index is 1.15. The Hall–Kier alpha value is -1.63. The van der Waals surface area contributed by atoms with Crippen molar-refractivity contribution in [1.29, 1.82) is 0 Å². The molecular weight excluding hydrogens is 230 g/mol. The maximum Gasteiger partial charge on any atom is 0.0734 e. The van der Waals surface area contributed by atoms with Crippen molar-refractivity contribution in [2.45, 2.75) is 46.0 Å². The van der Waals surface area contributed by atoms with E-state index in [1.807, 2.05) is 0 Å². The van der Waals surface area contributed by atoms with Gasteiger partial charge in [0.2, 0.25) is 0 Å². The van der Waals surface area contributed by atoms with Crippen LogP contribution in [0.2, 0.25) is 0 Å². The first kappa shape index (κ1) is 12.4. The third-order valence-electron chi connectivity index (χ3n) is 4.07. The molecule has 1 heterocycles. The summed E-state index contributed by atoms with van der Waals surface area (Å²) in [5.74, 6) is 0. The Kier molecular flexibility index (Phi) is 3.37. The van der Waals surface area contributed by atoms with E-state index in [0.29, 0.717) is 0 Å². The maximum atomic E-state index is 4.97. The molecule has 1 nitrogen and oxygen atoms in total. The topological polar surface area (TPSA) is 12.9 Å². The second kappa shape index (κ2) is 5.16. The third kappa shape index (κ3) is 2.56. The minimum atomic E-state index is 1.15. The average molecular weight is 251 g/mol. The fourth-order valence-electron chi connectivity index (χ4n) is 2.93. The van der Waals surface area contributed by atoms with Gasteiger partial charge in [0.05, 0.1) is 5.69 Å². The van der Waals surface area contributed by atoms with E-state index in [4.69, 9.17) is 4.98 Å². The van der Waals surface area contributed by atoms with E-state index in [2.05, 4.69) is 44.2 Å². The Morgan fingerprint density at radius 2 is 1.63 bits per heavy atom. The molecule has 0 bridgehead atoms. The van der Waals surface area contributed by atoms with Crippen molar-refractivity contribution in [2.75, 3.05) is 0 Å². The quantitative estimate of drug-likeness (QED) is 0.673. The molecule has 0 unspecified atom stereocenters. The number of hydrogen-bond donors (Lipinski definition) is 0. The fraction of sp³-hybridized carbons (Fsp3) is 0.389. The van der Waals surface area contributed by atoms with Crippen LogP contribution in [-0.4, -0.2) is 4.98 Å². The molecule has 0 N–H and O–H groups in total. The van der Waals surface area contributed by atoms with Gasteiger partial charge in [-0.2, -0.15) is 0 Å². The van der Waals surface area contributed by atoms with Crippen molar-refractivity contribution in [3.8, 4) is 11.3 Å². The summed E-state index contributed by atoms with van der Waals surface area (Å²) in [4.78, 5) is 4.97. The van der Waals surface area contributed by atoms with Crippen LogP contribution in [0.1, 0.15) is 41.6 Å². The first-order valence-electron chi connectivity index (χ1n) is 7.30. The van der Waals surface area contributed by atoms with Crippen LogP contribution < -0.4 is 0 Å². The molecule has 0 radical (unpaired) electrons. The summed E-state index contributed by atoms with van der Waals surface area (Å²) >= 11 is 0. The van der Waals surface area contributed by atoms with Crippen LogP contribution in [0.4, 0.5) is 0 Å². The van der Waals surface area contributed by atoms with E-state index in [0.717, 1.165) is 6.42 Å². The standard InChI is InChI=1S/C18H21N/c1-13-8-10-15(11-9-13)18-14(2)12-16-6-4-3-5-7-17(16)19-18/h8-12H,3-7H2,1-2H3. The lowest BCUT2D eigenvalue weighted by Crippen LogP contribution is -2.00. The van der Waals surface area contributed by atoms with Crippen LogP contribution in [0.3, 0.4) is 0 Å². The van der Waals surface area contributed by atoms with Crippen molar-refractivity contribution < 1.29 is 0 Å². The number of nitrogens with zero attached hydrogens (tertiary/aromatic N) is 1. The Labute approximate surface area is 115 Å². The first-order chi connectivity index (χ1) is 9.24. The van der Waals surface area contributed by atoms with Crippen molar-refractivity contribution in [2.24, 2.45) is 0 Å². The molecule has 98 valence electrons. The minimum Gasteiger partial charge on any atom is -0.252 e. The van der Waals surface area contributed by atoms with Gasteiger partial charge in [-0.3, -0.25) is 4.98 Å². The van der Waals surface area contributed by atoms with Crippen molar-refractivity contribution >= 4 is 0 Å². The third-order valence-corrected chi connectivity index (χ3v) is 4.07. The smallest absolute Gasteiger partial charge is 0.0734 e. The van der Waals surface area contributed by atoms with Gasteiger partial charge in [0.1, 0.15) is 0 Å². The number of fused-ring (bicyclic) bond motifs is 1. The maximum absolute atomic E-state index is 4.97. The van der Waals surface area contributed by atoms with Crippen LogP contribution in [0, 0.1) is 13.8 Å². The van der Waals surface area contributed by atoms with Crippen LogP contribution in [0.5, 0.6) is 0 Å². The lowest BCUT2D eigenvalue weighted by Gasteiger charge is -2.12. The number of aromatic nitrogens is 1. The Morgan fingerprint density at radius 1 is 0.895 bits per heavy atom. The van der Waals surface area contributed by atoms with E-state index in [1.54, 1.807) is 0 Å². The molecule has 1 aromatic carbocycles. The molecule has 19 heavy (non-hydrogen) atoms. The van der Waals surface area contributed by atoms with E-state index in [9.17, 15) is 0 Å². The monoisotopic (exact) mass is 251 g/mol. The summed E-state index contributed by atoms with van der Waals surface area (Å²) in [6.45, 7) is 4.31. The highest BCUT2D eigenvalue weighted by molar-refractivity contribution is 5.64. The largest absolute Gasteiger partial charge is 0.252 e. The second-order valence-corrected chi connectivity index (χ2v) is 5.69. The molecule has 1 aliphatic carbocycles. The van der Waals surface area contributed by atoms with Gasteiger partial charge in [0.15, 0.2) is 0 Å². The zero-order valence-corrected chi connectivity index (χ0v) is 11.9. The molecule has 0 saturated carbocycles. The molecule has 0 amide bonds. The van der Waals surface area contributed by atoms with Crippen LogP contribution in [0.25, 0.3) is 11.3 Å². The van der Waals surface area contributed by atoms with Crippen LogP contribution >= 0.6 is 0 Å². The fourth-order valence-corrected chi connectivity index (χ4v) is 2.93. The summed E-state index contributed by atoms with van der Waals surface area (Å²) in [6.07, 6.45) is 6.30. The number of pyridine rings is 1. The van der Waals surface area contributed by atoms with E-state index in [-0.39, 0.29) is 0 Å². The summed E-state index contributed by atoms with van der Waals surface area (Å²) < 4.78 is 0. The molecule has 3 rings (SSSR count). The second-order valence-electron chi connectivity index (χ2n) is 5.69. The highest BCUT2D eigenvalue weighted by Gasteiger charge is 2.13. The Balaban J connectivity index is 2.06. The molecule has 1 heteroatoms. The van der Waals surface area contributed by atoms with Gasteiger partial charge in [-0.15, -0.1) is 0 Å². The van der Waals surface area contributed by atoms with E-state index >= 15 is 0 Å². The zero-order chi connectivity index (χ0) is 13.2. The van der Waals surface area contributed by atoms with Crippen LogP contribution in [0.15, 0.2) is 30.3 Å². The molecular formula is C18H21N. The van der Waals surface area contributed by atoms with Crippen molar-refractivity contribution in [3.63, 3.8) is 0 Å². The molecule has 1 aliphatic rings. The molecule has 0 spiro atoms. The SMILES string of the molecule is Cc1ccc(-c2nc3c(cc2C)CCCCC3)cc1. The lowest BCUT2D eigenvalue weighted by molar-refractivity contribution is 0.709. The van der Waals surface area contributed by atoms with E-state index < -0.39 is 0 Å². The van der Waals surface area contributed by atoms with Crippen molar-refractivity contribution in [1.82, 2.24) is 4.98 Å². The zero-order valence-electron chi connectivity index (χ0n) is 11.9. The highest BCUT2D eigenvalue weighted by atomic mass is 14.7. The molecule has 0 fully saturated rings. The predicted octanol–water partition coefficient (Wildman–Crippen LogP) is 4.63. The number of benzene rings is 1. The number of hydrogen-bond acceptors (Lipinski definition) is 1. The van der Waals surface area contributed by atoms with Gasteiger partial charge in [0, 0.05) is 11.3 Å². The van der Waals surface area contributed by atoms with Gasteiger partial charge >= 0.3 is 0 Å². The van der Waals surface area contributed by atoms with Gasteiger partial charge < -0.3 is 0 Å². The Bertz CT molecular complexity index is 581. The number of aryl methyl sites for hydroxylation is 4. The van der Waals surface area contributed by atoms with E-state index in [1.165, 1.54) is 59.3 Å². The molecule has 0 atom stereocenters. The molecule has 1 aromatic heterocycles. The average Bonchev–Trinajstić information content (AvgIpc) is 2.63. The van der Waals surface area contributed by atoms with Crippen LogP contribution in [-0.2, 0) is 12.8 Å². The first-order valence-corrected chi connectivity index (χ1v) is 7.30. The van der Waals surface area contributed by atoms with Gasteiger partial charge in [-0.05, 0) is 50.7 Å². The summed E-state index contributed by atoms with van der Waals surface area (Å²) in [5, 5.41) is 0. The summed E-state index contributed by atoms with van der Waals surface area (Å²) in [5.41, 5.74) is 7.83. The van der Waals surface area contributed by atoms with Gasteiger partial charge in [-0.25, -0.2) is 0 Å². The van der Waals surface area contributed by atoms with Crippen molar-refractivity contribution in [3.05, 3.63) is 52.7 Å². The highest BCUT2D eigenvalue weighted by Crippen LogP contribution is 2.27. The molecule has 0 saturated heterocycles. The van der Waals surface area contributed by atoms with Gasteiger partial charge in [-0.1, -0.05) is 42.3 Å². The molecule has 2 aromatic rings. The lowest BCUT2D eigenvalue weighted by atomic mass is 10.0. The summed E-state index contributed by atoms with van der Waals surface area (Å²) in [6, 6.07) is 11.1. The molecule has 0 aliphatic heterocycles. The van der Waals surface area contributed by atoms with Gasteiger partial charge in [0.25, 0.3) is 0 Å². The Morgan fingerprint density at radius 3 is 2.42 bits per heavy atom. The summed E-state index contributed by atoms with van der Waals surface area (Å²) in [7, 11) is 0. The number of rotatable bonds is 1.